The van der Waals surface area contributed by atoms with E-state index >= 15 is 0 Å². The SMILES string of the molecule is CCO/N=C(\CSS(=O)(=O)O)c1ccccc1. The van der Waals surface area contributed by atoms with Crippen LogP contribution in [0.25, 0.3) is 0 Å². The van der Waals surface area contributed by atoms with Gasteiger partial charge in [-0.3, -0.25) is 4.55 Å². The molecule has 0 radical (unpaired) electrons. The molecule has 0 atom stereocenters. The largest absolute Gasteiger partial charge is 0.396 e. The predicted octanol–water partition coefficient (Wildman–Crippen LogP) is 1.96. The van der Waals surface area contributed by atoms with Gasteiger partial charge in [0.1, 0.15) is 6.61 Å². The first kappa shape index (κ1) is 14.0. The summed E-state index contributed by atoms with van der Waals surface area (Å²) in [6.07, 6.45) is 0. The number of hydrogen-bond acceptors (Lipinski definition) is 5. The molecule has 0 saturated carbocycles. The molecule has 1 aromatic carbocycles. The van der Waals surface area contributed by atoms with Gasteiger partial charge in [0.15, 0.2) is 0 Å². The lowest BCUT2D eigenvalue weighted by atomic mass is 10.1. The molecule has 0 aliphatic heterocycles. The summed E-state index contributed by atoms with van der Waals surface area (Å²) in [4.78, 5) is 4.91. The Morgan fingerprint density at radius 1 is 1.41 bits per heavy atom. The van der Waals surface area contributed by atoms with Crippen molar-refractivity contribution in [3.8, 4) is 0 Å². The Morgan fingerprint density at radius 2 is 2.06 bits per heavy atom. The number of benzene rings is 1. The maximum absolute atomic E-state index is 10.7. The van der Waals surface area contributed by atoms with E-state index in [0.29, 0.717) is 23.1 Å². The summed E-state index contributed by atoms with van der Waals surface area (Å²) >= 11 is 0. The Balaban J connectivity index is 2.82. The maximum Gasteiger partial charge on any atom is 0.320 e. The van der Waals surface area contributed by atoms with Crippen molar-refractivity contribution in [1.82, 2.24) is 0 Å². The normalized spacial score (nSPS) is 12.5. The third kappa shape index (κ3) is 5.71. The Morgan fingerprint density at radius 3 is 2.59 bits per heavy atom. The molecule has 1 N–H and O–H groups in total. The van der Waals surface area contributed by atoms with E-state index in [4.69, 9.17) is 9.39 Å². The lowest BCUT2D eigenvalue weighted by molar-refractivity contribution is 0.159. The van der Waals surface area contributed by atoms with Crippen LogP contribution in [0, 0.1) is 0 Å². The van der Waals surface area contributed by atoms with Gasteiger partial charge in [-0.25, -0.2) is 0 Å². The van der Waals surface area contributed by atoms with Gasteiger partial charge in [-0.1, -0.05) is 35.5 Å². The van der Waals surface area contributed by atoms with E-state index in [9.17, 15) is 8.42 Å². The van der Waals surface area contributed by atoms with E-state index < -0.39 is 9.15 Å². The van der Waals surface area contributed by atoms with Gasteiger partial charge in [-0.15, -0.1) is 0 Å². The first-order chi connectivity index (χ1) is 8.03. The van der Waals surface area contributed by atoms with Gasteiger partial charge in [0.05, 0.1) is 11.5 Å². The van der Waals surface area contributed by atoms with Crippen molar-refractivity contribution < 1.29 is 17.8 Å². The highest BCUT2D eigenvalue weighted by molar-refractivity contribution is 8.70. The summed E-state index contributed by atoms with van der Waals surface area (Å²) in [7, 11) is -3.67. The van der Waals surface area contributed by atoms with Crippen LogP contribution < -0.4 is 0 Å². The second-order valence-electron chi connectivity index (χ2n) is 3.01. The van der Waals surface area contributed by atoms with Gasteiger partial charge < -0.3 is 4.84 Å². The monoisotopic (exact) mass is 275 g/mol. The van der Waals surface area contributed by atoms with Crippen molar-refractivity contribution in [2.24, 2.45) is 5.16 Å². The van der Waals surface area contributed by atoms with E-state index in [1.165, 1.54) is 0 Å². The van der Waals surface area contributed by atoms with Crippen molar-refractivity contribution in [3.63, 3.8) is 0 Å². The highest BCUT2D eigenvalue weighted by Crippen LogP contribution is 2.13. The molecule has 0 spiro atoms. The number of rotatable bonds is 6. The highest BCUT2D eigenvalue weighted by atomic mass is 33.1. The van der Waals surface area contributed by atoms with Crippen LogP contribution >= 0.6 is 10.8 Å². The third-order valence-corrected chi connectivity index (χ3v) is 3.69. The average molecular weight is 275 g/mol. The Hall–Kier alpha value is -1.05. The molecule has 0 bridgehead atoms. The molecule has 0 aromatic heterocycles. The second-order valence-corrected chi connectivity index (χ2v) is 6.36. The molecule has 0 saturated heterocycles. The minimum Gasteiger partial charge on any atom is -0.396 e. The van der Waals surface area contributed by atoms with Crippen molar-refractivity contribution >= 4 is 25.7 Å². The summed E-state index contributed by atoms with van der Waals surface area (Å²) in [5, 5.41) is 3.84. The van der Waals surface area contributed by atoms with Crippen LogP contribution in [0.15, 0.2) is 35.5 Å². The minimum atomic E-state index is -4.07. The first-order valence-electron chi connectivity index (χ1n) is 4.89. The van der Waals surface area contributed by atoms with Crippen molar-refractivity contribution in [3.05, 3.63) is 35.9 Å². The second kappa shape index (κ2) is 6.63. The van der Waals surface area contributed by atoms with Crippen molar-refractivity contribution in [2.45, 2.75) is 6.92 Å². The van der Waals surface area contributed by atoms with Gasteiger partial charge in [0, 0.05) is 16.4 Å². The van der Waals surface area contributed by atoms with Crippen LogP contribution in [0.5, 0.6) is 0 Å². The van der Waals surface area contributed by atoms with Crippen LogP contribution in [0.2, 0.25) is 0 Å². The standard InChI is InChI=1S/C10H13NO4S2/c1-2-15-11-10(8-16-17(12,13)14)9-6-4-3-5-7-9/h3-7H,2,8H2,1H3,(H,12,13,14)/b11-10+. The molecule has 0 aliphatic rings. The van der Waals surface area contributed by atoms with E-state index in [1.54, 1.807) is 19.1 Å². The third-order valence-electron chi connectivity index (χ3n) is 1.76. The lowest BCUT2D eigenvalue weighted by Crippen LogP contribution is -2.07. The molecule has 0 aliphatic carbocycles. The van der Waals surface area contributed by atoms with Crippen LogP contribution in [-0.4, -0.2) is 31.0 Å². The molecule has 0 fully saturated rings. The zero-order valence-electron chi connectivity index (χ0n) is 9.24. The smallest absolute Gasteiger partial charge is 0.320 e. The van der Waals surface area contributed by atoms with E-state index in [0.717, 1.165) is 5.56 Å². The maximum atomic E-state index is 10.7. The molecule has 1 aromatic rings. The van der Waals surface area contributed by atoms with Crippen LogP contribution in [0.1, 0.15) is 12.5 Å². The fraction of sp³-hybridized carbons (Fsp3) is 0.300. The molecule has 0 heterocycles. The molecule has 1 rings (SSSR count). The van der Waals surface area contributed by atoms with Crippen LogP contribution in [0.4, 0.5) is 0 Å². The molecular weight excluding hydrogens is 262 g/mol. The zero-order chi connectivity index (χ0) is 12.7. The predicted molar refractivity (Wildman–Crippen MR) is 68.6 cm³/mol. The molecule has 0 amide bonds. The van der Waals surface area contributed by atoms with Crippen LogP contribution in [0.3, 0.4) is 0 Å². The summed E-state index contributed by atoms with van der Waals surface area (Å²) in [6, 6.07) is 9.06. The van der Waals surface area contributed by atoms with Gasteiger partial charge in [-0.2, -0.15) is 8.42 Å². The highest BCUT2D eigenvalue weighted by Gasteiger charge is 2.11. The van der Waals surface area contributed by atoms with Gasteiger partial charge in [-0.05, 0) is 6.92 Å². The molecular formula is C10H13NO4S2. The lowest BCUT2D eigenvalue weighted by Gasteiger charge is -2.04. The fourth-order valence-electron chi connectivity index (χ4n) is 1.07. The van der Waals surface area contributed by atoms with E-state index in [2.05, 4.69) is 5.16 Å². The number of hydrogen-bond donors (Lipinski definition) is 1. The Labute approximate surface area is 104 Å². The quantitative estimate of drug-likeness (QED) is 0.372. The van der Waals surface area contributed by atoms with Gasteiger partial charge >= 0.3 is 9.15 Å². The van der Waals surface area contributed by atoms with E-state index in [-0.39, 0.29) is 5.75 Å². The molecule has 0 unspecified atom stereocenters. The van der Waals surface area contributed by atoms with Gasteiger partial charge in [0.2, 0.25) is 0 Å². The minimum absolute atomic E-state index is 0.0306. The first-order valence-corrected chi connectivity index (χ1v) is 7.83. The average Bonchev–Trinajstić information content (AvgIpc) is 2.29. The summed E-state index contributed by atoms with van der Waals surface area (Å²) in [5.41, 5.74) is 1.23. The zero-order valence-corrected chi connectivity index (χ0v) is 10.9. The summed E-state index contributed by atoms with van der Waals surface area (Å²) in [5.74, 6) is 0.0306. The fourth-order valence-corrected chi connectivity index (χ4v) is 2.33. The Bertz CT molecular complexity index is 470. The number of oxime groups is 1. The van der Waals surface area contributed by atoms with Crippen molar-refractivity contribution in [1.29, 1.82) is 0 Å². The van der Waals surface area contributed by atoms with Gasteiger partial charge in [0.25, 0.3) is 0 Å². The number of nitrogens with zero attached hydrogens (tertiary/aromatic N) is 1. The summed E-state index contributed by atoms with van der Waals surface area (Å²) < 4.78 is 30.0. The summed E-state index contributed by atoms with van der Waals surface area (Å²) in [6.45, 7) is 2.18. The topological polar surface area (TPSA) is 76.0 Å². The molecule has 17 heavy (non-hydrogen) atoms. The molecule has 7 heteroatoms. The van der Waals surface area contributed by atoms with Crippen LogP contribution in [-0.2, 0) is 14.0 Å². The van der Waals surface area contributed by atoms with Crippen molar-refractivity contribution in [2.75, 3.05) is 12.4 Å². The Kier molecular flexibility index (Phi) is 5.46. The molecule has 5 nitrogen and oxygen atoms in total. The van der Waals surface area contributed by atoms with E-state index in [1.807, 2.05) is 18.2 Å². The molecule has 94 valence electrons.